The van der Waals surface area contributed by atoms with E-state index >= 15 is 0 Å². The van der Waals surface area contributed by atoms with E-state index in [1.54, 1.807) is 48.7 Å². The summed E-state index contributed by atoms with van der Waals surface area (Å²) in [6.07, 6.45) is 1.71. The summed E-state index contributed by atoms with van der Waals surface area (Å²) in [5.74, 6) is -0.247. The Bertz CT molecular complexity index is 865. The molecule has 0 spiro atoms. The highest BCUT2D eigenvalue weighted by atomic mass is 16.1. The minimum absolute atomic E-state index is 0.247. The second-order valence-electron chi connectivity index (χ2n) is 4.52. The van der Waals surface area contributed by atoms with Crippen molar-refractivity contribution in [3.8, 4) is 6.07 Å². The number of nitrogens with one attached hydrogen (secondary N) is 1. The van der Waals surface area contributed by atoms with E-state index in [9.17, 15) is 4.79 Å². The molecule has 1 aromatic heterocycles. The molecule has 1 amide bonds. The third kappa shape index (κ3) is 2.58. The van der Waals surface area contributed by atoms with E-state index in [0.29, 0.717) is 16.8 Å². The van der Waals surface area contributed by atoms with E-state index in [4.69, 9.17) is 5.26 Å². The quantitative estimate of drug-likeness (QED) is 0.778. The maximum atomic E-state index is 12.3. The zero-order chi connectivity index (χ0) is 14.7. The van der Waals surface area contributed by atoms with Gasteiger partial charge in [0, 0.05) is 17.1 Å². The van der Waals surface area contributed by atoms with Gasteiger partial charge < -0.3 is 5.32 Å². The van der Waals surface area contributed by atoms with Gasteiger partial charge in [0.2, 0.25) is 0 Å². The number of hydrogen-bond donors (Lipinski definition) is 1. The molecule has 3 rings (SSSR count). The van der Waals surface area contributed by atoms with E-state index < -0.39 is 0 Å². The van der Waals surface area contributed by atoms with Crippen molar-refractivity contribution < 1.29 is 4.79 Å². The number of carbonyl (C=O) groups is 1. The molecular weight excluding hydrogens is 262 g/mol. The number of aromatic nitrogens is 1. The predicted molar refractivity (Wildman–Crippen MR) is 80.9 cm³/mol. The number of pyridine rings is 1. The average Bonchev–Trinajstić information content (AvgIpc) is 2.55. The first-order chi connectivity index (χ1) is 10.3. The molecular formula is C17H11N3O. The monoisotopic (exact) mass is 273 g/mol. The van der Waals surface area contributed by atoms with Crippen molar-refractivity contribution in [1.82, 2.24) is 4.98 Å². The first-order valence-corrected chi connectivity index (χ1v) is 6.43. The fourth-order valence-corrected chi connectivity index (χ4v) is 2.10. The van der Waals surface area contributed by atoms with Gasteiger partial charge in [-0.3, -0.25) is 9.78 Å². The molecule has 0 aliphatic heterocycles. The number of amides is 1. The summed E-state index contributed by atoms with van der Waals surface area (Å²) in [5.41, 5.74) is 2.32. The van der Waals surface area contributed by atoms with Gasteiger partial charge in [-0.1, -0.05) is 18.2 Å². The molecule has 2 aromatic carbocycles. The molecule has 0 aliphatic rings. The minimum atomic E-state index is -0.247. The van der Waals surface area contributed by atoms with Crippen LogP contribution in [0.3, 0.4) is 0 Å². The lowest BCUT2D eigenvalue weighted by molar-refractivity contribution is 0.102. The molecule has 21 heavy (non-hydrogen) atoms. The fraction of sp³-hybridized carbons (Fsp3) is 0. The molecule has 1 heterocycles. The molecule has 0 atom stereocenters. The molecule has 0 unspecified atom stereocenters. The van der Waals surface area contributed by atoms with Crippen molar-refractivity contribution in [2.75, 3.05) is 5.32 Å². The van der Waals surface area contributed by atoms with Gasteiger partial charge in [0.05, 0.1) is 16.8 Å². The van der Waals surface area contributed by atoms with Crippen LogP contribution in [0.25, 0.3) is 10.9 Å². The average molecular weight is 273 g/mol. The Hall–Kier alpha value is -3.19. The molecule has 0 fully saturated rings. The largest absolute Gasteiger partial charge is 0.321 e. The minimum Gasteiger partial charge on any atom is -0.321 e. The van der Waals surface area contributed by atoms with Crippen LogP contribution < -0.4 is 5.32 Å². The Morgan fingerprint density at radius 1 is 1.10 bits per heavy atom. The van der Waals surface area contributed by atoms with Gasteiger partial charge in [-0.25, -0.2) is 0 Å². The van der Waals surface area contributed by atoms with Gasteiger partial charge in [-0.2, -0.15) is 5.26 Å². The van der Waals surface area contributed by atoms with Crippen molar-refractivity contribution in [3.05, 3.63) is 71.9 Å². The second-order valence-corrected chi connectivity index (χ2v) is 4.52. The Balaban J connectivity index is 1.92. The van der Waals surface area contributed by atoms with Crippen molar-refractivity contribution in [3.63, 3.8) is 0 Å². The smallest absolute Gasteiger partial charge is 0.255 e. The van der Waals surface area contributed by atoms with Crippen molar-refractivity contribution >= 4 is 22.5 Å². The molecule has 0 bridgehead atoms. The first kappa shape index (κ1) is 12.8. The second kappa shape index (κ2) is 5.43. The summed E-state index contributed by atoms with van der Waals surface area (Å²) in [7, 11) is 0. The van der Waals surface area contributed by atoms with Gasteiger partial charge in [-0.15, -0.1) is 0 Å². The number of benzene rings is 2. The number of nitriles is 1. The number of fused-ring (bicyclic) bond motifs is 1. The third-order valence-corrected chi connectivity index (χ3v) is 3.16. The van der Waals surface area contributed by atoms with E-state index in [2.05, 4.69) is 16.4 Å². The van der Waals surface area contributed by atoms with Crippen LogP contribution in [0.15, 0.2) is 60.8 Å². The lowest BCUT2D eigenvalue weighted by Gasteiger charge is -2.07. The summed E-state index contributed by atoms with van der Waals surface area (Å²) in [6.45, 7) is 0. The number of para-hydroxylation sites is 1. The molecule has 0 radical (unpaired) electrons. The highest BCUT2D eigenvalue weighted by Crippen LogP contribution is 2.17. The Labute approximate surface area is 121 Å². The number of carbonyl (C=O) groups excluding carboxylic acids is 1. The van der Waals surface area contributed by atoms with Crippen LogP contribution in [-0.2, 0) is 0 Å². The Kier molecular flexibility index (Phi) is 3.32. The molecule has 4 heteroatoms. The standard InChI is InChI=1S/C17H11N3O/c18-11-14-4-1-2-6-16(14)20-17(21)13-7-8-15-12(10-13)5-3-9-19-15/h1-10H,(H,20,21). The zero-order valence-electron chi connectivity index (χ0n) is 11.1. The van der Waals surface area contributed by atoms with Crippen molar-refractivity contribution in [2.45, 2.75) is 0 Å². The van der Waals surface area contributed by atoms with E-state index in [1.807, 2.05) is 12.1 Å². The van der Waals surface area contributed by atoms with Crippen LogP contribution in [0, 0.1) is 11.3 Å². The molecule has 3 aromatic rings. The van der Waals surface area contributed by atoms with Gasteiger partial charge in [0.25, 0.3) is 5.91 Å². The highest BCUT2D eigenvalue weighted by Gasteiger charge is 2.09. The van der Waals surface area contributed by atoms with Gasteiger partial charge >= 0.3 is 0 Å². The van der Waals surface area contributed by atoms with Crippen LogP contribution >= 0.6 is 0 Å². The maximum Gasteiger partial charge on any atom is 0.255 e. The lowest BCUT2D eigenvalue weighted by atomic mass is 10.1. The summed E-state index contributed by atoms with van der Waals surface area (Å²) in [4.78, 5) is 16.5. The van der Waals surface area contributed by atoms with Gasteiger partial charge in [-0.05, 0) is 36.4 Å². The zero-order valence-corrected chi connectivity index (χ0v) is 11.1. The van der Waals surface area contributed by atoms with Crippen LogP contribution in [0.2, 0.25) is 0 Å². The van der Waals surface area contributed by atoms with Gasteiger partial charge in [0.15, 0.2) is 0 Å². The van der Waals surface area contributed by atoms with E-state index in [1.165, 1.54) is 0 Å². The van der Waals surface area contributed by atoms with Crippen LogP contribution in [0.1, 0.15) is 15.9 Å². The van der Waals surface area contributed by atoms with Crippen LogP contribution in [0.4, 0.5) is 5.69 Å². The van der Waals surface area contributed by atoms with E-state index in [0.717, 1.165) is 10.9 Å². The van der Waals surface area contributed by atoms with Crippen molar-refractivity contribution in [2.24, 2.45) is 0 Å². The summed E-state index contributed by atoms with van der Waals surface area (Å²) in [6, 6.07) is 18.0. The van der Waals surface area contributed by atoms with Crippen LogP contribution in [0.5, 0.6) is 0 Å². The summed E-state index contributed by atoms with van der Waals surface area (Å²) in [5, 5.41) is 12.7. The lowest BCUT2D eigenvalue weighted by Crippen LogP contribution is -2.12. The maximum absolute atomic E-state index is 12.3. The molecule has 1 N–H and O–H groups in total. The van der Waals surface area contributed by atoms with Crippen LogP contribution in [-0.4, -0.2) is 10.9 Å². The molecule has 0 saturated heterocycles. The summed E-state index contributed by atoms with van der Waals surface area (Å²) < 4.78 is 0. The molecule has 4 nitrogen and oxygen atoms in total. The Morgan fingerprint density at radius 3 is 2.81 bits per heavy atom. The number of rotatable bonds is 2. The number of anilines is 1. The predicted octanol–water partition coefficient (Wildman–Crippen LogP) is 3.36. The van der Waals surface area contributed by atoms with Crippen molar-refractivity contribution in [1.29, 1.82) is 5.26 Å². The summed E-state index contributed by atoms with van der Waals surface area (Å²) >= 11 is 0. The number of nitrogens with zero attached hydrogens (tertiary/aromatic N) is 2. The fourth-order valence-electron chi connectivity index (χ4n) is 2.10. The third-order valence-electron chi connectivity index (χ3n) is 3.16. The normalized spacial score (nSPS) is 10.0. The molecule has 0 aliphatic carbocycles. The highest BCUT2D eigenvalue weighted by molar-refractivity contribution is 6.06. The molecule has 100 valence electrons. The number of hydrogen-bond acceptors (Lipinski definition) is 3. The SMILES string of the molecule is N#Cc1ccccc1NC(=O)c1ccc2ncccc2c1. The topological polar surface area (TPSA) is 65.8 Å². The molecule has 0 saturated carbocycles. The first-order valence-electron chi connectivity index (χ1n) is 6.43. The van der Waals surface area contributed by atoms with Gasteiger partial charge in [0.1, 0.15) is 6.07 Å². The Morgan fingerprint density at radius 2 is 1.95 bits per heavy atom. The van der Waals surface area contributed by atoms with E-state index in [-0.39, 0.29) is 5.91 Å².